The van der Waals surface area contributed by atoms with Crippen molar-refractivity contribution in [2.75, 3.05) is 6.61 Å². The van der Waals surface area contributed by atoms with E-state index in [-0.39, 0.29) is 6.61 Å². The lowest BCUT2D eigenvalue weighted by Gasteiger charge is -2.42. The molecule has 1 aromatic rings. The van der Waals surface area contributed by atoms with Crippen LogP contribution in [-0.2, 0) is 14.7 Å². The van der Waals surface area contributed by atoms with Crippen LogP contribution < -0.4 is 0 Å². The molecule has 0 fully saturated rings. The van der Waals surface area contributed by atoms with Crippen molar-refractivity contribution in [3.63, 3.8) is 0 Å². The van der Waals surface area contributed by atoms with Gasteiger partial charge in [-0.2, -0.15) is 0 Å². The second-order valence-corrected chi connectivity index (χ2v) is 3.82. The van der Waals surface area contributed by atoms with Gasteiger partial charge in [0.15, 0.2) is 0 Å². The van der Waals surface area contributed by atoms with Crippen LogP contribution in [0.5, 0.6) is 0 Å². The monoisotopic (exact) mass is 218 g/mol. The molecule has 6 heteroatoms. The zero-order chi connectivity index (χ0) is 13.1. The highest BCUT2D eigenvalue weighted by Gasteiger charge is 2.42. The van der Waals surface area contributed by atoms with Gasteiger partial charge in [0.1, 0.15) is 0 Å². The summed E-state index contributed by atoms with van der Waals surface area (Å²) in [7, 11) is 23.2. The van der Waals surface area contributed by atoms with E-state index in [0.717, 1.165) is 0 Å². The van der Waals surface area contributed by atoms with Crippen LogP contribution in [0, 0.1) is 0 Å². The number of carbonyl (C=O) groups excluding carboxylic acids is 1. The van der Waals surface area contributed by atoms with Gasteiger partial charge in [0.25, 0.3) is 5.97 Å². The van der Waals surface area contributed by atoms with Crippen LogP contribution in [0.25, 0.3) is 0 Å². The van der Waals surface area contributed by atoms with Crippen LogP contribution in [0.1, 0.15) is 12.5 Å². The van der Waals surface area contributed by atoms with Crippen LogP contribution in [0.3, 0.4) is 0 Å². The molecule has 2 nitrogen and oxygen atoms in total. The zero-order valence-corrected chi connectivity index (χ0v) is 9.72. The van der Waals surface area contributed by atoms with Crippen molar-refractivity contribution in [1.82, 2.24) is 0 Å². The maximum atomic E-state index is 11.7. The minimum atomic E-state index is -2.00. The minimum Gasteiger partial charge on any atom is -0.467 e. The van der Waals surface area contributed by atoms with Crippen LogP contribution in [0.2, 0.25) is 5.21 Å². The third kappa shape index (κ3) is 2.62. The van der Waals surface area contributed by atoms with Crippen molar-refractivity contribution in [1.29, 1.82) is 0 Å². The van der Waals surface area contributed by atoms with Crippen molar-refractivity contribution in [2.45, 2.75) is 17.4 Å². The lowest BCUT2D eigenvalue weighted by Crippen LogP contribution is -2.48. The van der Waals surface area contributed by atoms with E-state index in [0.29, 0.717) is 5.56 Å². The van der Waals surface area contributed by atoms with Gasteiger partial charge < -0.3 is 4.74 Å². The summed E-state index contributed by atoms with van der Waals surface area (Å²) in [6.45, 7) is 1.80. The normalized spacial score (nSPS) is 12.1. The van der Waals surface area contributed by atoms with Crippen LogP contribution in [0.4, 0.5) is 0 Å². The second kappa shape index (κ2) is 5.07. The fourth-order valence-electron chi connectivity index (χ4n) is 1.37. The third-order valence-corrected chi connectivity index (χ3v) is 2.55. The molecule has 78 valence electrons. The first-order valence-electron chi connectivity index (χ1n) is 5.22. The molecular weight excluding hydrogens is 207 g/mol. The predicted octanol–water partition coefficient (Wildman–Crippen LogP) is 0.193. The Labute approximate surface area is 107 Å². The first kappa shape index (κ1) is 14.0. The van der Waals surface area contributed by atoms with Crippen molar-refractivity contribution in [2.24, 2.45) is 0 Å². The van der Waals surface area contributed by atoms with Crippen molar-refractivity contribution in [3.8, 4) is 0 Å². The molecule has 0 aliphatic rings. The van der Waals surface area contributed by atoms with E-state index in [9.17, 15) is 4.79 Å². The Balaban J connectivity index is 3.08. The molecule has 0 heterocycles. The fourth-order valence-corrected chi connectivity index (χ4v) is 1.37. The second-order valence-electron chi connectivity index (χ2n) is 3.82. The molecule has 1 rings (SSSR count). The summed E-state index contributed by atoms with van der Waals surface area (Å²) in [5.74, 6) is -0.839. The third-order valence-electron chi connectivity index (χ3n) is 2.55. The summed E-state index contributed by atoms with van der Waals surface area (Å²) in [5.41, 5.74) is 0.457. The Hall–Kier alpha value is -1.05. The molecule has 0 saturated heterocycles. The van der Waals surface area contributed by atoms with Crippen molar-refractivity contribution >= 4 is 37.4 Å². The number of carbonyl (C=O) groups is 1. The van der Waals surface area contributed by atoms with Gasteiger partial charge in [-0.3, -0.25) is 4.79 Å². The summed E-state index contributed by atoms with van der Waals surface area (Å²) in [6.07, 6.45) is 0. The fraction of sp³-hybridized carbons (Fsp3) is 0.364. The smallest absolute Gasteiger partial charge is 0.294 e. The standard InChI is InChI=1S/C11H10B4O2/c1-2-17-9(16)11(14,15)10(12,13)8-6-4-3-5-7-8/h3-7H,2H2,1H3. The van der Waals surface area contributed by atoms with E-state index in [1.807, 2.05) is 0 Å². The number of esters is 1. The van der Waals surface area contributed by atoms with E-state index in [1.54, 1.807) is 37.3 Å². The van der Waals surface area contributed by atoms with Gasteiger partial charge in [-0.25, -0.2) is 0 Å². The average Bonchev–Trinajstić information content (AvgIpc) is 2.30. The highest BCUT2D eigenvalue weighted by atomic mass is 16.5. The van der Waals surface area contributed by atoms with Gasteiger partial charge in [-0.05, 0) is 12.1 Å². The predicted molar refractivity (Wildman–Crippen MR) is 70.5 cm³/mol. The lowest BCUT2D eigenvalue weighted by molar-refractivity contribution is -0.144. The van der Waals surface area contributed by atoms with Crippen LogP contribution in [0.15, 0.2) is 30.3 Å². The number of benzene rings is 1. The summed E-state index contributed by atoms with van der Waals surface area (Å²) in [5, 5.41) is -3.70. The van der Waals surface area contributed by atoms with Gasteiger partial charge in [-0.15, -0.1) is 0 Å². The van der Waals surface area contributed by atoms with E-state index >= 15 is 0 Å². The molecular formula is C11H10B4O2. The van der Waals surface area contributed by atoms with Crippen LogP contribution >= 0.6 is 0 Å². The Morgan fingerprint density at radius 1 is 1.18 bits per heavy atom. The maximum Gasteiger partial charge on any atom is 0.294 e. The minimum absolute atomic E-state index is 0.153. The van der Waals surface area contributed by atoms with Crippen LogP contribution in [-0.4, -0.2) is 44.0 Å². The van der Waals surface area contributed by atoms with Crippen molar-refractivity contribution < 1.29 is 9.53 Å². The number of ether oxygens (including phenoxy) is 1. The molecule has 0 bridgehead atoms. The molecule has 17 heavy (non-hydrogen) atoms. The van der Waals surface area contributed by atoms with E-state index in [2.05, 4.69) is 0 Å². The first-order chi connectivity index (χ1) is 7.84. The molecule has 0 aliphatic heterocycles. The molecule has 0 atom stereocenters. The molecule has 8 radical (unpaired) electrons. The van der Waals surface area contributed by atoms with E-state index < -0.39 is 16.4 Å². The molecule has 1 aromatic carbocycles. The van der Waals surface area contributed by atoms with Gasteiger partial charge in [0.05, 0.1) is 38.0 Å². The average molecular weight is 217 g/mol. The van der Waals surface area contributed by atoms with E-state index in [1.165, 1.54) is 0 Å². The van der Waals surface area contributed by atoms with Gasteiger partial charge in [-0.1, -0.05) is 41.1 Å². The zero-order valence-electron chi connectivity index (χ0n) is 9.72. The molecule has 0 unspecified atom stereocenters. The lowest BCUT2D eigenvalue weighted by atomic mass is 9.28. The summed E-state index contributed by atoms with van der Waals surface area (Å²) >= 11 is 0. The summed E-state index contributed by atoms with van der Waals surface area (Å²) in [6, 6.07) is 8.54. The topological polar surface area (TPSA) is 26.3 Å². The number of rotatable bonds is 4. The Morgan fingerprint density at radius 3 is 2.18 bits per heavy atom. The number of hydrogen-bond donors (Lipinski definition) is 0. The van der Waals surface area contributed by atoms with Gasteiger partial charge >= 0.3 is 0 Å². The maximum absolute atomic E-state index is 11.7. The number of hydrogen-bond acceptors (Lipinski definition) is 2. The molecule has 0 spiro atoms. The largest absolute Gasteiger partial charge is 0.467 e. The highest BCUT2D eigenvalue weighted by Crippen LogP contribution is 2.38. The molecule has 0 aromatic heterocycles. The Morgan fingerprint density at radius 2 is 1.71 bits per heavy atom. The highest BCUT2D eigenvalue weighted by molar-refractivity contribution is 6.60. The summed E-state index contributed by atoms with van der Waals surface area (Å²) < 4.78 is 4.77. The Kier molecular flexibility index (Phi) is 4.18. The summed E-state index contributed by atoms with van der Waals surface area (Å²) in [4.78, 5) is 11.7. The Bertz CT molecular complexity index is 390. The SMILES string of the molecule is [B]C([B])(C(=O)OCC)C([B])([B])c1ccccc1. The van der Waals surface area contributed by atoms with Gasteiger partial charge in [0.2, 0.25) is 0 Å². The first-order valence-corrected chi connectivity index (χ1v) is 5.22. The quantitative estimate of drug-likeness (QED) is 0.532. The van der Waals surface area contributed by atoms with Gasteiger partial charge in [0, 0.05) is 0 Å². The molecule has 0 aliphatic carbocycles. The van der Waals surface area contributed by atoms with E-state index in [4.69, 9.17) is 36.1 Å². The molecule has 0 N–H and O–H groups in total. The molecule has 0 amide bonds. The van der Waals surface area contributed by atoms with Crippen molar-refractivity contribution in [3.05, 3.63) is 35.9 Å². The molecule has 0 saturated carbocycles.